The number of carbonyl (C=O) groups is 1. The molecule has 0 aliphatic carbocycles. The first kappa shape index (κ1) is 10.7. The van der Waals surface area contributed by atoms with Crippen molar-refractivity contribution in [1.82, 2.24) is 0 Å². The highest BCUT2D eigenvalue weighted by Gasteiger charge is 2.23. The average Bonchev–Trinajstić information content (AvgIpc) is 2.44. The Labute approximate surface area is 95.6 Å². The molecule has 0 bridgehead atoms. The van der Waals surface area contributed by atoms with Crippen LogP contribution in [0.1, 0.15) is 5.56 Å². The van der Waals surface area contributed by atoms with Gasteiger partial charge in [-0.25, -0.2) is 8.42 Å². The molecule has 2 rings (SSSR count). The van der Waals surface area contributed by atoms with Crippen LogP contribution in [0, 0.1) is 0 Å². The lowest BCUT2D eigenvalue weighted by atomic mass is 10.2. The van der Waals surface area contributed by atoms with Crippen molar-refractivity contribution in [3.05, 3.63) is 22.7 Å². The van der Waals surface area contributed by atoms with Gasteiger partial charge in [-0.05, 0) is 17.7 Å². The molecule has 1 aromatic rings. The van der Waals surface area contributed by atoms with Gasteiger partial charge in [-0.2, -0.15) is 0 Å². The minimum Gasteiger partial charge on any atom is -0.324 e. The molecule has 1 aliphatic rings. The van der Waals surface area contributed by atoms with Gasteiger partial charge in [0, 0.05) is 10.7 Å². The van der Waals surface area contributed by atoms with Crippen molar-refractivity contribution in [3.8, 4) is 0 Å². The third kappa shape index (κ3) is 1.95. The van der Waals surface area contributed by atoms with E-state index in [2.05, 4.69) is 5.32 Å². The zero-order chi connectivity index (χ0) is 11.2. The molecule has 1 aliphatic heterocycles. The summed E-state index contributed by atoms with van der Waals surface area (Å²) in [6, 6.07) is 2.57. The van der Waals surface area contributed by atoms with Gasteiger partial charge in [0.25, 0.3) is 9.05 Å². The minimum absolute atomic E-state index is 0.0931. The fourth-order valence-electron chi connectivity index (χ4n) is 1.41. The fraction of sp³-hybridized carbons (Fsp3) is 0.125. The summed E-state index contributed by atoms with van der Waals surface area (Å²) in [5.41, 5.74) is 1.01. The number of hydrogen-bond acceptors (Lipinski definition) is 3. The van der Waals surface area contributed by atoms with Gasteiger partial charge in [-0.15, -0.1) is 0 Å². The molecule has 1 N–H and O–H groups in total. The van der Waals surface area contributed by atoms with Crippen LogP contribution in [0.4, 0.5) is 5.69 Å². The molecule has 80 valence electrons. The van der Waals surface area contributed by atoms with Gasteiger partial charge < -0.3 is 5.32 Å². The predicted molar refractivity (Wildman–Crippen MR) is 56.8 cm³/mol. The summed E-state index contributed by atoms with van der Waals surface area (Å²) >= 11 is 5.81. The van der Waals surface area contributed by atoms with Crippen molar-refractivity contribution in [2.45, 2.75) is 11.3 Å². The molecule has 0 atom stereocenters. The van der Waals surface area contributed by atoms with Crippen LogP contribution >= 0.6 is 22.3 Å². The van der Waals surface area contributed by atoms with Crippen molar-refractivity contribution in [2.24, 2.45) is 0 Å². The maximum absolute atomic E-state index is 11.1. The Morgan fingerprint density at radius 3 is 2.60 bits per heavy atom. The van der Waals surface area contributed by atoms with E-state index in [0.717, 1.165) is 0 Å². The Kier molecular flexibility index (Phi) is 2.41. The Balaban J connectivity index is 2.64. The number of anilines is 1. The number of amides is 1. The molecule has 0 aromatic heterocycles. The number of fused-ring (bicyclic) bond motifs is 1. The van der Waals surface area contributed by atoms with Gasteiger partial charge in [0.15, 0.2) is 0 Å². The molecule has 0 radical (unpaired) electrons. The van der Waals surface area contributed by atoms with Crippen molar-refractivity contribution in [1.29, 1.82) is 0 Å². The molecule has 1 amide bonds. The SMILES string of the molecule is O=C1Cc2cc(S(=O)(=O)Cl)cc(Cl)c2N1. The molecule has 0 fully saturated rings. The van der Waals surface area contributed by atoms with Gasteiger partial charge in [-0.1, -0.05) is 11.6 Å². The van der Waals surface area contributed by atoms with E-state index >= 15 is 0 Å². The molecular formula is C8H5Cl2NO3S. The van der Waals surface area contributed by atoms with Crippen LogP contribution in [0.5, 0.6) is 0 Å². The molecule has 4 nitrogen and oxygen atoms in total. The molecule has 7 heteroatoms. The highest BCUT2D eigenvalue weighted by molar-refractivity contribution is 8.13. The first-order chi connectivity index (χ1) is 6.88. The van der Waals surface area contributed by atoms with E-state index in [0.29, 0.717) is 11.3 Å². The Morgan fingerprint density at radius 2 is 2.00 bits per heavy atom. The van der Waals surface area contributed by atoms with Crippen LogP contribution in [-0.2, 0) is 20.3 Å². The fourth-order valence-corrected chi connectivity index (χ4v) is 2.57. The Hall–Kier alpha value is -0.780. The van der Waals surface area contributed by atoms with E-state index in [-0.39, 0.29) is 22.2 Å². The summed E-state index contributed by atoms with van der Waals surface area (Å²) in [6.07, 6.45) is 0.120. The van der Waals surface area contributed by atoms with Crippen molar-refractivity contribution < 1.29 is 13.2 Å². The summed E-state index contributed by atoms with van der Waals surface area (Å²) in [5, 5.41) is 2.71. The van der Waals surface area contributed by atoms with Crippen LogP contribution in [0.25, 0.3) is 0 Å². The Morgan fingerprint density at radius 1 is 1.33 bits per heavy atom. The molecule has 0 saturated heterocycles. The monoisotopic (exact) mass is 265 g/mol. The van der Waals surface area contributed by atoms with Gasteiger partial charge in [0.1, 0.15) is 0 Å². The zero-order valence-corrected chi connectivity index (χ0v) is 9.58. The maximum atomic E-state index is 11.1. The smallest absolute Gasteiger partial charge is 0.261 e. The largest absolute Gasteiger partial charge is 0.324 e. The van der Waals surface area contributed by atoms with Crippen LogP contribution in [0.2, 0.25) is 5.02 Å². The van der Waals surface area contributed by atoms with E-state index in [9.17, 15) is 13.2 Å². The molecule has 0 saturated carbocycles. The molecule has 1 aromatic carbocycles. The maximum Gasteiger partial charge on any atom is 0.261 e. The first-order valence-corrected chi connectivity index (χ1v) is 6.63. The Bertz CT molecular complexity index is 553. The third-order valence-corrected chi connectivity index (χ3v) is 3.67. The van der Waals surface area contributed by atoms with Crippen molar-refractivity contribution in [2.75, 3.05) is 5.32 Å². The lowest BCUT2D eigenvalue weighted by Crippen LogP contribution is -2.03. The number of benzene rings is 1. The van der Waals surface area contributed by atoms with E-state index in [4.69, 9.17) is 22.3 Å². The summed E-state index contributed by atoms with van der Waals surface area (Å²) in [4.78, 5) is 11.0. The van der Waals surface area contributed by atoms with Crippen LogP contribution in [0.15, 0.2) is 17.0 Å². The predicted octanol–water partition coefficient (Wildman–Crippen LogP) is 1.76. The van der Waals surface area contributed by atoms with Crippen molar-refractivity contribution in [3.63, 3.8) is 0 Å². The second-order valence-corrected chi connectivity index (χ2v) is 6.08. The highest BCUT2D eigenvalue weighted by atomic mass is 35.7. The van der Waals surface area contributed by atoms with E-state index in [1.54, 1.807) is 0 Å². The molecule has 15 heavy (non-hydrogen) atoms. The lowest BCUT2D eigenvalue weighted by Gasteiger charge is -2.03. The average molecular weight is 266 g/mol. The zero-order valence-electron chi connectivity index (χ0n) is 7.25. The lowest BCUT2D eigenvalue weighted by molar-refractivity contribution is -0.115. The molecule has 0 unspecified atom stereocenters. The number of carbonyl (C=O) groups excluding carboxylic acids is 1. The van der Waals surface area contributed by atoms with Crippen molar-refractivity contribution >= 4 is 42.9 Å². The van der Waals surface area contributed by atoms with E-state index < -0.39 is 9.05 Å². The molecule has 1 heterocycles. The van der Waals surface area contributed by atoms with Crippen LogP contribution in [-0.4, -0.2) is 14.3 Å². The summed E-state index contributed by atoms with van der Waals surface area (Å²) < 4.78 is 22.1. The normalized spacial score (nSPS) is 14.9. The van der Waals surface area contributed by atoms with Crippen LogP contribution < -0.4 is 5.32 Å². The van der Waals surface area contributed by atoms with Gasteiger partial charge in [0.2, 0.25) is 5.91 Å². The van der Waals surface area contributed by atoms with E-state index in [1.165, 1.54) is 12.1 Å². The number of nitrogens with one attached hydrogen (secondary N) is 1. The quantitative estimate of drug-likeness (QED) is 0.788. The summed E-state index contributed by atoms with van der Waals surface area (Å²) in [5.74, 6) is -0.212. The molecule has 0 spiro atoms. The van der Waals surface area contributed by atoms with Gasteiger partial charge in [0.05, 0.1) is 22.0 Å². The van der Waals surface area contributed by atoms with Gasteiger partial charge in [-0.3, -0.25) is 4.79 Å². The summed E-state index contributed by atoms with van der Waals surface area (Å²) in [6.45, 7) is 0. The number of halogens is 2. The van der Waals surface area contributed by atoms with E-state index in [1.807, 2.05) is 0 Å². The first-order valence-electron chi connectivity index (χ1n) is 3.95. The number of hydrogen-bond donors (Lipinski definition) is 1. The minimum atomic E-state index is -3.82. The summed E-state index contributed by atoms with van der Waals surface area (Å²) in [7, 11) is 1.36. The number of rotatable bonds is 1. The highest BCUT2D eigenvalue weighted by Crippen LogP contribution is 2.34. The third-order valence-electron chi connectivity index (χ3n) is 2.04. The second kappa shape index (κ2) is 3.37. The molecular weight excluding hydrogens is 261 g/mol. The topological polar surface area (TPSA) is 63.2 Å². The van der Waals surface area contributed by atoms with Crippen LogP contribution in [0.3, 0.4) is 0 Å². The second-order valence-electron chi connectivity index (χ2n) is 3.10. The van der Waals surface area contributed by atoms with Gasteiger partial charge >= 0.3 is 0 Å². The standard InChI is InChI=1S/C8H5Cl2NO3S/c9-6-3-5(15(10,13)14)1-4-2-7(12)11-8(4)6/h1,3H,2H2,(H,11,12).